The molecule has 3 aromatic carbocycles. The average Bonchev–Trinajstić information content (AvgIpc) is 1.79. The Hall–Kier alpha value is -5.31. The molecule has 3 aromatic rings. The number of carboxylic acid groups (broad SMARTS) is 4. The van der Waals surface area contributed by atoms with E-state index in [0.717, 1.165) is 11.1 Å². The molecule has 6 fully saturated rings. The molecule has 1 unspecified atom stereocenters. The second-order valence-corrected chi connectivity index (χ2v) is 23.3. The van der Waals surface area contributed by atoms with E-state index in [-0.39, 0.29) is 45.1 Å². The zero-order valence-corrected chi connectivity index (χ0v) is 47.1. The summed E-state index contributed by atoms with van der Waals surface area (Å²) in [6, 6.07) is 16.8. The van der Waals surface area contributed by atoms with Gasteiger partial charge < -0.3 is 73.1 Å². The van der Waals surface area contributed by atoms with Crippen molar-refractivity contribution in [2.45, 2.75) is 110 Å². The maximum absolute atomic E-state index is 14.5. The molecule has 0 heterocycles. The fourth-order valence-corrected chi connectivity index (χ4v) is 12.5. The third-order valence-corrected chi connectivity index (χ3v) is 18.2. The van der Waals surface area contributed by atoms with Gasteiger partial charge in [0.25, 0.3) is 12.4 Å². The van der Waals surface area contributed by atoms with E-state index in [1.807, 2.05) is 6.07 Å². The van der Waals surface area contributed by atoms with Gasteiger partial charge in [0, 0.05) is 35.5 Å². The average molecular weight is 1280 g/mol. The molecule has 16 atom stereocenters. The van der Waals surface area contributed by atoms with Gasteiger partial charge in [-0.2, -0.15) is 5.26 Å². The van der Waals surface area contributed by atoms with Gasteiger partial charge in [-0.1, -0.05) is 87.8 Å². The van der Waals surface area contributed by atoms with Gasteiger partial charge in [-0.15, -0.1) is 0 Å². The number of primary amides is 2. The van der Waals surface area contributed by atoms with Crippen molar-refractivity contribution in [3.63, 3.8) is 0 Å². The first-order valence-corrected chi connectivity index (χ1v) is 26.6. The summed E-state index contributed by atoms with van der Waals surface area (Å²) in [6.45, 7) is 0.795. The fourth-order valence-electron chi connectivity index (χ4n) is 11.5. The van der Waals surface area contributed by atoms with Crippen LogP contribution in [-0.2, 0) is 72.3 Å². The van der Waals surface area contributed by atoms with Crippen molar-refractivity contribution >= 4 is 112 Å². The molecule has 2 amide bonds. The second kappa shape index (κ2) is 24.3. The Bertz CT molecular complexity index is 3100. The number of amides is 2. The number of carbonyl (C=O) groups excluding carboxylic acids is 3. The number of carboxylic acids is 4. The molecule has 0 spiro atoms. The van der Waals surface area contributed by atoms with Gasteiger partial charge in [0.1, 0.15) is 28.9 Å². The molecular weight excluding hydrogens is 1220 g/mol. The fraction of sp³-hybridized carbons (Fsp3) is 0.490. The number of benzene rings is 3. The van der Waals surface area contributed by atoms with Crippen LogP contribution in [0.1, 0.15) is 49.3 Å². The Morgan fingerprint density at radius 1 is 0.634 bits per heavy atom. The molecule has 22 nitrogen and oxygen atoms in total. The number of aliphatic carboxylic acids is 4. The van der Waals surface area contributed by atoms with Crippen LogP contribution < -0.4 is 28.7 Å². The Labute approximate surface area is 494 Å². The van der Waals surface area contributed by atoms with E-state index >= 15 is 0 Å². The van der Waals surface area contributed by atoms with Crippen LogP contribution >= 0.6 is 69.6 Å². The van der Waals surface area contributed by atoms with Gasteiger partial charge in [0.05, 0.1) is 80.8 Å². The first kappa shape index (κ1) is 65.8. The number of aliphatic hydroxyl groups is 1. The molecule has 82 heavy (non-hydrogen) atoms. The maximum atomic E-state index is 14.5. The number of nitriles is 1. The van der Waals surface area contributed by atoms with Gasteiger partial charge >= 0.3 is 23.9 Å². The van der Waals surface area contributed by atoms with Gasteiger partial charge in [-0.05, 0) is 79.3 Å². The normalized spacial score (nSPS) is 34.4. The molecule has 6 saturated carbocycles. The number of fused-ring (bicyclic) bond motifs is 3. The van der Waals surface area contributed by atoms with Crippen LogP contribution in [0.5, 0.6) is 0 Å². The van der Waals surface area contributed by atoms with Crippen LogP contribution in [-0.4, -0.2) is 132 Å². The molecule has 0 bridgehead atoms. The monoisotopic (exact) mass is 1270 g/mol. The summed E-state index contributed by atoms with van der Waals surface area (Å²) in [6.07, 6.45) is -2.82. The lowest BCUT2D eigenvalue weighted by atomic mass is 9.87. The minimum atomic E-state index is -2.56. The lowest BCUT2D eigenvalue weighted by Crippen LogP contribution is -2.63. The highest BCUT2D eigenvalue weighted by Crippen LogP contribution is 2.69. The van der Waals surface area contributed by atoms with Crippen molar-refractivity contribution < 1.29 is 91.2 Å². The summed E-state index contributed by atoms with van der Waals surface area (Å²) in [5.74, 6) is -12.8. The Kier molecular flexibility index (Phi) is 19.5. The molecule has 0 saturated heterocycles. The molecule has 6 aliphatic rings. The predicted octanol–water partition coefficient (Wildman–Crippen LogP) is 4.94. The summed E-state index contributed by atoms with van der Waals surface area (Å²) in [5.41, 5.74) is 16.7. The number of carbonyl (C=O) groups is 7. The van der Waals surface area contributed by atoms with Crippen molar-refractivity contribution in [2.24, 2.45) is 64.2 Å². The standard InChI is InChI=1S/C15H14Cl2FN3O2.C15H15Cl2FN2O4.C15H16Cl2FNO3.C6H8O7/c16-9-2-1-7(3-10(9)17)5-23-11-4-8-12(14(11,21)6-19)15(8,18)13(20)22;16-8-2-1-6(3-9(8)17)5-24-10-4-7-11(14(7,18)13(22)23)15(10,20)12(19)21;1-14(18)8-5-11(15(19,12(8)14)13(20)21)22-6-7-2-3-9(16)10(17)4-7;7-3-13-2-6(12,5(10)11)1-4(8)9/h1-3,8,11-12H,4-5,21H2,(H2,20,22);1-3,7,10-11H,4-5,20H2,(H2,19,21)(H,22,23);2-4,8,11-12H,5-6,19H2,1H3,(H,20,21);3,12H,1-2H2,(H,8,9)(H,10,11)/t8-,11-,12-,14+,15-;7-,10-,11+,14-,15+;8-,11-,12+,14-,15+;/m111./s1. The zero-order valence-electron chi connectivity index (χ0n) is 42.6. The SMILES string of the molecule is C[C@@]1(F)[C@@H]2C[C@@H](OCc3ccc(Cl)c(Cl)c3)[C@@](N)(C(=O)O)[C@@H]21.N#C[C@@]1(N)[C@H]2[C@@H](C[C@H]1OCc1ccc(Cl)c(Cl)c1)[C@]2(F)C(N)=O.NC(=O)[C@@]1(N)[C@H]2[C@@H](C[C@H]1OCc1ccc(Cl)c(Cl)c1)[C@]2(F)C(=O)O.O=COCC(O)(CC(=O)O)C(=O)O. The van der Waals surface area contributed by atoms with E-state index in [4.69, 9.17) is 133 Å². The van der Waals surface area contributed by atoms with Crippen LogP contribution in [0.3, 0.4) is 0 Å². The highest BCUT2D eigenvalue weighted by Gasteiger charge is 2.85. The molecule has 6 aliphatic carbocycles. The van der Waals surface area contributed by atoms with Crippen molar-refractivity contribution in [1.82, 2.24) is 0 Å². The number of ether oxygens (including phenoxy) is 4. The van der Waals surface area contributed by atoms with Crippen molar-refractivity contribution in [3.05, 3.63) is 101 Å². The highest BCUT2D eigenvalue weighted by molar-refractivity contribution is 6.43. The van der Waals surface area contributed by atoms with Crippen LogP contribution in [0.15, 0.2) is 54.6 Å². The smallest absolute Gasteiger partial charge is 0.342 e. The molecule has 0 aliphatic heterocycles. The van der Waals surface area contributed by atoms with E-state index < -0.39 is 136 Å². The summed E-state index contributed by atoms with van der Waals surface area (Å²) in [4.78, 5) is 75.9. The summed E-state index contributed by atoms with van der Waals surface area (Å²) < 4.78 is 64.1. The van der Waals surface area contributed by atoms with Crippen LogP contribution in [0.25, 0.3) is 0 Å². The number of hydrogen-bond donors (Lipinski definition) is 10. The minimum Gasteiger partial charge on any atom is -0.481 e. The number of nitrogens with two attached hydrogens (primary N) is 5. The zero-order chi connectivity index (χ0) is 61.6. The van der Waals surface area contributed by atoms with E-state index in [0.29, 0.717) is 42.1 Å². The third kappa shape index (κ3) is 12.3. The van der Waals surface area contributed by atoms with Crippen LogP contribution in [0, 0.1) is 46.8 Å². The Balaban J connectivity index is 0.000000180. The highest BCUT2D eigenvalue weighted by atomic mass is 35.5. The van der Waals surface area contributed by atoms with Gasteiger partial charge in [-0.3, -0.25) is 24.0 Å². The Morgan fingerprint density at radius 2 is 1.05 bits per heavy atom. The molecule has 0 radical (unpaired) electrons. The summed E-state index contributed by atoms with van der Waals surface area (Å²) >= 11 is 35.3. The molecule has 446 valence electrons. The molecule has 0 aromatic heterocycles. The van der Waals surface area contributed by atoms with Gasteiger partial charge in [0.2, 0.25) is 17.2 Å². The molecule has 9 rings (SSSR count). The minimum absolute atomic E-state index is 0.00816. The number of rotatable bonds is 19. The van der Waals surface area contributed by atoms with Crippen molar-refractivity contribution in [2.75, 3.05) is 6.61 Å². The molecular formula is C51H53Cl6F3N6O16. The Morgan fingerprint density at radius 3 is 1.41 bits per heavy atom. The molecule has 15 N–H and O–H groups in total. The van der Waals surface area contributed by atoms with E-state index in [2.05, 4.69) is 4.74 Å². The summed E-state index contributed by atoms with van der Waals surface area (Å²) in [7, 11) is 0. The van der Waals surface area contributed by atoms with Crippen LogP contribution in [0.2, 0.25) is 30.1 Å². The maximum Gasteiger partial charge on any atom is 0.342 e. The van der Waals surface area contributed by atoms with E-state index in [9.17, 15) is 57.1 Å². The number of hydrogen-bond acceptors (Lipinski definition) is 16. The number of alkyl halides is 3. The predicted molar refractivity (Wildman–Crippen MR) is 284 cm³/mol. The first-order chi connectivity index (χ1) is 38.0. The lowest BCUT2D eigenvalue weighted by Gasteiger charge is -2.32. The number of halogens is 9. The van der Waals surface area contributed by atoms with Gasteiger partial charge in [-0.25, -0.2) is 22.8 Å². The molecule has 31 heteroatoms. The van der Waals surface area contributed by atoms with Crippen molar-refractivity contribution in [3.8, 4) is 6.07 Å². The topological polar surface area (TPSA) is 411 Å². The van der Waals surface area contributed by atoms with Gasteiger partial charge in [0.15, 0.2) is 5.67 Å². The third-order valence-electron chi connectivity index (χ3n) is 16.0. The quantitative estimate of drug-likeness (QED) is 0.0711. The summed E-state index contributed by atoms with van der Waals surface area (Å²) in [5, 5.41) is 56.0. The van der Waals surface area contributed by atoms with E-state index in [1.165, 1.54) is 6.92 Å². The van der Waals surface area contributed by atoms with E-state index in [1.54, 1.807) is 54.6 Å². The largest absolute Gasteiger partial charge is 0.481 e. The lowest BCUT2D eigenvalue weighted by molar-refractivity contribution is -0.172. The first-order valence-electron chi connectivity index (χ1n) is 24.3. The van der Waals surface area contributed by atoms with Crippen molar-refractivity contribution in [1.29, 1.82) is 5.26 Å². The second-order valence-electron chi connectivity index (χ2n) is 20.9. The number of nitrogens with zero attached hydrogens (tertiary/aromatic N) is 1. The van der Waals surface area contributed by atoms with Crippen LogP contribution in [0.4, 0.5) is 13.2 Å².